The molecule has 1 aliphatic heterocycles. The van der Waals surface area contributed by atoms with Crippen molar-refractivity contribution in [2.45, 2.75) is 18.8 Å². The SMILES string of the molecule is FC1(F)CCN(c2n[nH]c(-c3nccs3)n2)CC1. The van der Waals surface area contributed by atoms with E-state index in [9.17, 15) is 8.78 Å². The standard InChI is InChI=1S/C10H11F2N5S/c11-10(12)1-4-17(5-2-10)9-14-7(15-16-9)8-13-3-6-18-8/h3,6H,1-2,4-5H2,(H,14,15,16). The minimum absolute atomic E-state index is 0.145. The number of halogens is 2. The largest absolute Gasteiger partial charge is 0.339 e. The van der Waals surface area contributed by atoms with Crippen molar-refractivity contribution in [1.29, 1.82) is 0 Å². The molecule has 3 heterocycles. The molecule has 0 atom stereocenters. The van der Waals surface area contributed by atoms with Crippen molar-refractivity contribution in [3.8, 4) is 10.8 Å². The molecule has 0 spiro atoms. The van der Waals surface area contributed by atoms with Gasteiger partial charge in [-0.1, -0.05) is 0 Å². The summed E-state index contributed by atoms with van der Waals surface area (Å²) in [5.41, 5.74) is 0. The van der Waals surface area contributed by atoms with Crippen LogP contribution in [0.5, 0.6) is 0 Å². The topological polar surface area (TPSA) is 57.7 Å². The Bertz CT molecular complexity index is 514. The predicted molar refractivity (Wildman–Crippen MR) is 63.9 cm³/mol. The second kappa shape index (κ2) is 4.27. The second-order valence-electron chi connectivity index (χ2n) is 4.16. The van der Waals surface area contributed by atoms with E-state index in [0.717, 1.165) is 5.01 Å². The van der Waals surface area contributed by atoms with E-state index in [1.807, 2.05) is 5.38 Å². The maximum absolute atomic E-state index is 13.0. The van der Waals surface area contributed by atoms with Gasteiger partial charge >= 0.3 is 0 Å². The van der Waals surface area contributed by atoms with Crippen molar-refractivity contribution in [2.75, 3.05) is 18.0 Å². The van der Waals surface area contributed by atoms with Crippen LogP contribution in [0.3, 0.4) is 0 Å². The number of nitrogens with zero attached hydrogens (tertiary/aromatic N) is 4. The van der Waals surface area contributed by atoms with Crippen molar-refractivity contribution >= 4 is 17.3 Å². The number of rotatable bonds is 2. The van der Waals surface area contributed by atoms with Crippen LogP contribution < -0.4 is 4.90 Å². The summed E-state index contributed by atoms with van der Waals surface area (Å²) in [5, 5.41) is 9.43. The lowest BCUT2D eigenvalue weighted by Crippen LogP contribution is -2.39. The first kappa shape index (κ1) is 11.5. The van der Waals surface area contributed by atoms with Crippen LogP contribution >= 0.6 is 11.3 Å². The molecule has 96 valence electrons. The van der Waals surface area contributed by atoms with Crippen LogP contribution in [-0.2, 0) is 0 Å². The Labute approximate surface area is 106 Å². The Hall–Kier alpha value is -1.57. The van der Waals surface area contributed by atoms with E-state index in [1.165, 1.54) is 11.3 Å². The van der Waals surface area contributed by atoms with Crippen molar-refractivity contribution in [3.63, 3.8) is 0 Å². The van der Waals surface area contributed by atoms with Crippen LogP contribution in [0.2, 0.25) is 0 Å². The first-order valence-corrected chi connectivity index (χ1v) is 6.47. The molecule has 3 rings (SSSR count). The highest BCUT2D eigenvalue weighted by atomic mass is 32.1. The number of hydrogen-bond donors (Lipinski definition) is 1. The van der Waals surface area contributed by atoms with Gasteiger partial charge < -0.3 is 4.90 Å². The first-order valence-electron chi connectivity index (χ1n) is 5.59. The molecule has 0 saturated carbocycles. The van der Waals surface area contributed by atoms with E-state index in [-0.39, 0.29) is 25.9 Å². The normalized spacial score (nSPS) is 19.1. The van der Waals surface area contributed by atoms with E-state index in [1.54, 1.807) is 11.1 Å². The fraction of sp³-hybridized carbons (Fsp3) is 0.500. The smallest absolute Gasteiger partial charge is 0.251 e. The third kappa shape index (κ3) is 2.20. The molecular weight excluding hydrogens is 260 g/mol. The minimum atomic E-state index is -2.55. The molecule has 0 radical (unpaired) electrons. The third-order valence-corrected chi connectivity index (χ3v) is 3.67. The lowest BCUT2D eigenvalue weighted by atomic mass is 10.1. The molecule has 1 aliphatic rings. The van der Waals surface area contributed by atoms with Crippen LogP contribution in [0.4, 0.5) is 14.7 Å². The Morgan fingerprint density at radius 2 is 2.11 bits per heavy atom. The molecule has 2 aromatic heterocycles. The molecule has 8 heteroatoms. The van der Waals surface area contributed by atoms with Crippen LogP contribution in [0.1, 0.15) is 12.8 Å². The Balaban J connectivity index is 1.75. The molecule has 1 N–H and O–H groups in total. The number of hydrogen-bond acceptors (Lipinski definition) is 5. The molecule has 5 nitrogen and oxygen atoms in total. The molecule has 0 aromatic carbocycles. The number of aromatic nitrogens is 4. The Kier molecular flexibility index (Phi) is 2.73. The summed E-state index contributed by atoms with van der Waals surface area (Å²) in [6.07, 6.45) is 1.39. The zero-order chi connectivity index (χ0) is 12.6. The van der Waals surface area contributed by atoms with E-state index in [2.05, 4.69) is 20.2 Å². The maximum atomic E-state index is 13.0. The highest BCUT2D eigenvalue weighted by Crippen LogP contribution is 2.29. The molecule has 18 heavy (non-hydrogen) atoms. The number of anilines is 1. The zero-order valence-corrected chi connectivity index (χ0v) is 10.3. The van der Waals surface area contributed by atoms with Gasteiger partial charge in [-0.3, -0.25) is 5.10 Å². The van der Waals surface area contributed by atoms with Gasteiger partial charge in [0.15, 0.2) is 10.8 Å². The van der Waals surface area contributed by atoms with Gasteiger partial charge in [-0.2, -0.15) is 4.98 Å². The summed E-state index contributed by atoms with van der Waals surface area (Å²) in [6, 6.07) is 0. The van der Waals surface area contributed by atoms with Crippen molar-refractivity contribution in [3.05, 3.63) is 11.6 Å². The molecule has 1 saturated heterocycles. The summed E-state index contributed by atoms with van der Waals surface area (Å²) >= 11 is 1.45. The van der Waals surface area contributed by atoms with Gasteiger partial charge in [0.05, 0.1) is 0 Å². The van der Waals surface area contributed by atoms with Gasteiger partial charge in [0, 0.05) is 37.5 Å². The predicted octanol–water partition coefficient (Wildman–Crippen LogP) is 2.16. The van der Waals surface area contributed by atoms with Gasteiger partial charge in [0.1, 0.15) is 0 Å². The van der Waals surface area contributed by atoms with Gasteiger partial charge in [-0.15, -0.1) is 16.4 Å². The van der Waals surface area contributed by atoms with Crippen molar-refractivity contribution in [1.82, 2.24) is 20.2 Å². The van der Waals surface area contributed by atoms with E-state index < -0.39 is 5.92 Å². The Morgan fingerprint density at radius 1 is 1.33 bits per heavy atom. The lowest BCUT2D eigenvalue weighted by Gasteiger charge is -2.30. The number of aromatic amines is 1. The van der Waals surface area contributed by atoms with E-state index in [4.69, 9.17) is 0 Å². The number of piperidine rings is 1. The lowest BCUT2D eigenvalue weighted by molar-refractivity contribution is -0.0222. The first-order chi connectivity index (χ1) is 8.64. The second-order valence-corrected chi connectivity index (χ2v) is 5.06. The number of thiazole rings is 1. The quantitative estimate of drug-likeness (QED) is 0.909. The third-order valence-electron chi connectivity index (χ3n) is 2.89. The fourth-order valence-electron chi connectivity index (χ4n) is 1.86. The molecule has 0 bridgehead atoms. The average Bonchev–Trinajstić information content (AvgIpc) is 2.99. The van der Waals surface area contributed by atoms with Gasteiger partial charge in [-0.25, -0.2) is 13.8 Å². The number of alkyl halides is 2. The number of nitrogens with one attached hydrogen (secondary N) is 1. The van der Waals surface area contributed by atoms with Gasteiger partial charge in [0.25, 0.3) is 5.92 Å². The molecule has 0 amide bonds. The van der Waals surface area contributed by atoms with Gasteiger partial charge in [0.2, 0.25) is 5.95 Å². The molecule has 0 unspecified atom stereocenters. The van der Waals surface area contributed by atoms with Crippen molar-refractivity contribution < 1.29 is 8.78 Å². The summed E-state index contributed by atoms with van der Waals surface area (Å²) in [7, 11) is 0. The van der Waals surface area contributed by atoms with Crippen LogP contribution in [-0.4, -0.2) is 39.2 Å². The monoisotopic (exact) mass is 271 g/mol. The highest BCUT2D eigenvalue weighted by molar-refractivity contribution is 7.12. The van der Waals surface area contributed by atoms with E-state index >= 15 is 0 Å². The fourth-order valence-corrected chi connectivity index (χ4v) is 2.44. The summed E-state index contributed by atoms with van der Waals surface area (Å²) in [4.78, 5) is 10.2. The number of H-pyrrole nitrogens is 1. The van der Waals surface area contributed by atoms with E-state index in [0.29, 0.717) is 11.8 Å². The Morgan fingerprint density at radius 3 is 2.78 bits per heavy atom. The molecule has 0 aliphatic carbocycles. The average molecular weight is 271 g/mol. The van der Waals surface area contributed by atoms with Crippen LogP contribution in [0.15, 0.2) is 11.6 Å². The molecule has 1 fully saturated rings. The summed E-state index contributed by atoms with van der Waals surface area (Å²) in [6.45, 7) is 0.560. The maximum Gasteiger partial charge on any atom is 0.251 e. The molecular formula is C10H11F2N5S. The van der Waals surface area contributed by atoms with Crippen molar-refractivity contribution in [2.24, 2.45) is 0 Å². The molecule has 2 aromatic rings. The summed E-state index contributed by atoms with van der Waals surface area (Å²) in [5.74, 6) is -1.50. The minimum Gasteiger partial charge on any atom is -0.339 e. The van der Waals surface area contributed by atoms with Crippen LogP contribution in [0.25, 0.3) is 10.8 Å². The highest BCUT2D eigenvalue weighted by Gasteiger charge is 2.35. The summed E-state index contributed by atoms with van der Waals surface area (Å²) < 4.78 is 26.1. The van der Waals surface area contributed by atoms with Crippen LogP contribution in [0, 0.1) is 0 Å². The zero-order valence-electron chi connectivity index (χ0n) is 9.44. The van der Waals surface area contributed by atoms with Gasteiger partial charge in [-0.05, 0) is 0 Å².